The molecule has 0 saturated carbocycles. The van der Waals surface area contributed by atoms with Crippen LogP contribution in [0.25, 0.3) is 0 Å². The number of nitrogens with one attached hydrogen (secondary N) is 3. The van der Waals surface area contributed by atoms with Crippen LogP contribution in [0.2, 0.25) is 0 Å². The van der Waals surface area contributed by atoms with E-state index in [1.165, 1.54) is 6.92 Å². The average molecular weight is 446 g/mol. The topological polar surface area (TPSA) is 278 Å². The van der Waals surface area contributed by atoms with Crippen molar-refractivity contribution in [2.75, 3.05) is 13.2 Å². The molecule has 0 aromatic carbocycles. The van der Waals surface area contributed by atoms with E-state index in [1.54, 1.807) is 0 Å². The summed E-state index contributed by atoms with van der Waals surface area (Å²) < 4.78 is 0. The normalized spacial score (nSPS) is 14.3. The van der Waals surface area contributed by atoms with Crippen LogP contribution in [0.3, 0.4) is 0 Å². The molecule has 0 heterocycles. The lowest BCUT2D eigenvalue weighted by Gasteiger charge is -2.24. The van der Waals surface area contributed by atoms with Gasteiger partial charge in [-0.3, -0.25) is 24.2 Å². The van der Waals surface area contributed by atoms with Gasteiger partial charge < -0.3 is 49.1 Å². The number of guanidine groups is 1. The zero-order valence-corrected chi connectivity index (χ0v) is 17.0. The molecule has 0 radical (unpaired) electrons. The lowest BCUT2D eigenvalue weighted by atomic mass is 10.1. The van der Waals surface area contributed by atoms with Crippen molar-refractivity contribution in [2.24, 2.45) is 27.9 Å². The molecule has 0 saturated heterocycles. The average Bonchev–Trinajstić information content (AvgIpc) is 2.66. The number of carbonyl (C=O) groups is 5. The van der Waals surface area contributed by atoms with Crippen molar-refractivity contribution in [1.29, 1.82) is 0 Å². The van der Waals surface area contributed by atoms with E-state index in [1.807, 2.05) is 0 Å². The number of nitrogens with two attached hydrogens (primary N) is 4. The van der Waals surface area contributed by atoms with Gasteiger partial charge in [0, 0.05) is 6.54 Å². The predicted octanol–water partition coefficient (Wildman–Crippen LogP) is -5.21. The number of carboxylic acid groups (broad SMARTS) is 1. The number of carbonyl (C=O) groups excluding carboxylic acids is 4. The lowest BCUT2D eigenvalue weighted by molar-refractivity contribution is -0.143. The van der Waals surface area contributed by atoms with Crippen molar-refractivity contribution in [2.45, 2.75) is 50.4 Å². The van der Waals surface area contributed by atoms with Gasteiger partial charge in [0.2, 0.25) is 23.6 Å². The third-order valence-electron chi connectivity index (χ3n) is 3.83. The Morgan fingerprint density at radius 1 is 0.903 bits per heavy atom. The first-order valence-electron chi connectivity index (χ1n) is 9.23. The Balaban J connectivity index is 5.45. The Hall–Kier alpha value is -3.46. The Labute approximate surface area is 178 Å². The Morgan fingerprint density at radius 3 is 1.87 bits per heavy atom. The fraction of sp³-hybridized carbons (Fsp3) is 0.625. The molecule has 4 amide bonds. The second-order valence-corrected chi connectivity index (χ2v) is 6.61. The van der Waals surface area contributed by atoms with E-state index < -0.39 is 66.8 Å². The van der Waals surface area contributed by atoms with Crippen LogP contribution in [0.4, 0.5) is 0 Å². The van der Waals surface area contributed by atoms with Crippen molar-refractivity contribution in [3.8, 4) is 0 Å². The van der Waals surface area contributed by atoms with Gasteiger partial charge in [0.1, 0.15) is 18.1 Å². The number of aliphatic imine (C=N–C) groups is 1. The van der Waals surface area contributed by atoms with E-state index in [0.29, 0.717) is 0 Å². The molecule has 15 nitrogen and oxygen atoms in total. The first-order chi connectivity index (χ1) is 14.4. The highest BCUT2D eigenvalue weighted by atomic mass is 16.4. The number of nitrogens with zero attached hydrogens (tertiary/aromatic N) is 1. The maximum Gasteiger partial charge on any atom is 0.328 e. The van der Waals surface area contributed by atoms with Crippen molar-refractivity contribution in [3.05, 3.63) is 0 Å². The van der Waals surface area contributed by atoms with Gasteiger partial charge in [-0.1, -0.05) is 0 Å². The summed E-state index contributed by atoms with van der Waals surface area (Å²) in [6.07, 6.45) is -0.391. The fourth-order valence-electron chi connectivity index (χ4n) is 2.22. The number of aliphatic carboxylic acids is 1. The number of hydrogen-bond acceptors (Lipinski definition) is 8. The zero-order valence-electron chi connectivity index (χ0n) is 17.0. The van der Waals surface area contributed by atoms with Crippen LogP contribution in [-0.2, 0) is 24.0 Å². The van der Waals surface area contributed by atoms with Gasteiger partial charge >= 0.3 is 5.97 Å². The maximum atomic E-state index is 12.6. The number of primary amides is 1. The summed E-state index contributed by atoms with van der Waals surface area (Å²) in [6, 6.07) is -5.30. The zero-order chi connectivity index (χ0) is 24.1. The molecule has 0 aliphatic rings. The second kappa shape index (κ2) is 13.7. The summed E-state index contributed by atoms with van der Waals surface area (Å²) in [7, 11) is 0. The molecule has 15 heteroatoms. The first kappa shape index (κ1) is 27.5. The minimum atomic E-state index is -1.61. The highest BCUT2D eigenvalue weighted by Crippen LogP contribution is 2.03. The summed E-state index contributed by atoms with van der Waals surface area (Å²) in [5, 5.41) is 24.7. The Morgan fingerprint density at radius 2 is 1.42 bits per heavy atom. The largest absolute Gasteiger partial charge is 0.480 e. The molecule has 176 valence electrons. The molecule has 0 aliphatic heterocycles. The van der Waals surface area contributed by atoms with Crippen molar-refractivity contribution < 1.29 is 34.2 Å². The predicted molar refractivity (Wildman–Crippen MR) is 108 cm³/mol. The van der Waals surface area contributed by atoms with E-state index in [4.69, 9.17) is 33.1 Å². The lowest BCUT2D eigenvalue weighted by Crippen LogP contribution is -2.57. The van der Waals surface area contributed by atoms with Gasteiger partial charge in [-0.15, -0.1) is 0 Å². The number of carboxylic acids is 1. The SMILES string of the molecule is CC(N)C(=O)NC(CC(N)=O)C(=O)NC(CCCN=C(N)N)C(=O)NC(CO)C(=O)O. The van der Waals surface area contributed by atoms with E-state index in [-0.39, 0.29) is 25.3 Å². The summed E-state index contributed by atoms with van der Waals surface area (Å²) in [6.45, 7) is 0.580. The first-order valence-corrected chi connectivity index (χ1v) is 9.23. The number of aliphatic hydroxyl groups excluding tert-OH is 1. The number of amides is 4. The molecule has 0 aromatic rings. The molecular weight excluding hydrogens is 416 g/mol. The number of rotatable bonds is 14. The van der Waals surface area contributed by atoms with Crippen LogP contribution >= 0.6 is 0 Å². The van der Waals surface area contributed by atoms with Crippen LogP contribution < -0.4 is 38.9 Å². The monoisotopic (exact) mass is 446 g/mol. The molecule has 31 heavy (non-hydrogen) atoms. The highest BCUT2D eigenvalue weighted by Gasteiger charge is 2.30. The second-order valence-electron chi connectivity index (χ2n) is 6.61. The molecule has 0 bridgehead atoms. The van der Waals surface area contributed by atoms with Crippen LogP contribution in [-0.4, -0.2) is 83.1 Å². The Kier molecular flexibility index (Phi) is 12.2. The van der Waals surface area contributed by atoms with Crippen molar-refractivity contribution >= 4 is 35.6 Å². The third kappa shape index (κ3) is 11.3. The number of aliphatic hydroxyl groups is 1. The van der Waals surface area contributed by atoms with Crippen LogP contribution in [0.1, 0.15) is 26.2 Å². The minimum Gasteiger partial charge on any atom is -0.480 e. The van der Waals surface area contributed by atoms with Gasteiger partial charge in [-0.05, 0) is 19.8 Å². The van der Waals surface area contributed by atoms with E-state index in [9.17, 15) is 24.0 Å². The van der Waals surface area contributed by atoms with Gasteiger partial charge in [0.05, 0.1) is 19.1 Å². The molecule has 13 N–H and O–H groups in total. The van der Waals surface area contributed by atoms with Crippen LogP contribution in [0.5, 0.6) is 0 Å². The minimum absolute atomic E-state index is 0.0311. The molecular formula is C16H30N8O7. The van der Waals surface area contributed by atoms with Gasteiger partial charge in [0.25, 0.3) is 0 Å². The highest BCUT2D eigenvalue weighted by molar-refractivity contribution is 5.96. The van der Waals surface area contributed by atoms with E-state index in [0.717, 1.165) is 0 Å². The van der Waals surface area contributed by atoms with Crippen molar-refractivity contribution in [3.63, 3.8) is 0 Å². The van der Waals surface area contributed by atoms with E-state index >= 15 is 0 Å². The van der Waals surface area contributed by atoms with Gasteiger partial charge in [-0.25, -0.2) is 4.79 Å². The molecule has 0 fully saturated rings. The summed E-state index contributed by atoms with van der Waals surface area (Å²) in [5.74, 6) is -5.15. The molecule has 0 spiro atoms. The summed E-state index contributed by atoms with van der Waals surface area (Å²) >= 11 is 0. The molecule has 4 unspecified atom stereocenters. The molecule has 0 rings (SSSR count). The van der Waals surface area contributed by atoms with Crippen LogP contribution in [0.15, 0.2) is 4.99 Å². The molecule has 4 atom stereocenters. The smallest absolute Gasteiger partial charge is 0.328 e. The summed E-state index contributed by atoms with van der Waals surface area (Å²) in [4.78, 5) is 62.9. The van der Waals surface area contributed by atoms with E-state index in [2.05, 4.69) is 20.9 Å². The quantitative estimate of drug-likeness (QED) is 0.0694. The maximum absolute atomic E-state index is 12.6. The van der Waals surface area contributed by atoms with Gasteiger partial charge in [-0.2, -0.15) is 0 Å². The Bertz CT molecular complexity index is 693. The summed E-state index contributed by atoms with van der Waals surface area (Å²) in [5.41, 5.74) is 21.0. The fourth-order valence-corrected chi connectivity index (χ4v) is 2.22. The van der Waals surface area contributed by atoms with Gasteiger partial charge in [0.15, 0.2) is 5.96 Å². The van der Waals surface area contributed by atoms with Crippen molar-refractivity contribution in [1.82, 2.24) is 16.0 Å². The molecule has 0 aromatic heterocycles. The standard InChI is InChI=1S/C16H30N8O7/c1-7(17)12(27)23-9(5-11(18)26)14(29)22-8(3-2-4-21-16(19)20)13(28)24-10(6-25)15(30)31/h7-10,25H,2-6,17H2,1H3,(H2,18,26)(H,22,29)(H,23,27)(H,24,28)(H,30,31)(H4,19,20,21). The third-order valence-corrected chi connectivity index (χ3v) is 3.83. The number of hydrogen-bond donors (Lipinski definition) is 9. The van der Waals surface area contributed by atoms with Crippen LogP contribution in [0, 0.1) is 0 Å². The molecule has 0 aliphatic carbocycles.